The van der Waals surface area contributed by atoms with Crippen LogP contribution in [-0.4, -0.2) is 23.5 Å². The topological polar surface area (TPSA) is 66.4 Å². The fourth-order valence-electron chi connectivity index (χ4n) is 1.96. The van der Waals surface area contributed by atoms with E-state index in [-0.39, 0.29) is 12.5 Å². The molecule has 0 heterocycles. The van der Waals surface area contributed by atoms with E-state index in [1.54, 1.807) is 12.1 Å². The van der Waals surface area contributed by atoms with Gasteiger partial charge >= 0.3 is 5.97 Å². The second-order valence-corrected chi connectivity index (χ2v) is 5.79. The number of hydrogen-bond acceptors (Lipinski definition) is 2. The SMILES string of the molecule is CCC(CC)(CNC(=O)c1ccc(C)c(Br)c1)C(=O)O. The first-order valence-electron chi connectivity index (χ1n) is 6.64. The molecule has 2 N–H and O–H groups in total. The summed E-state index contributed by atoms with van der Waals surface area (Å²) in [5.41, 5.74) is 0.676. The van der Waals surface area contributed by atoms with Crippen LogP contribution in [0.1, 0.15) is 42.6 Å². The van der Waals surface area contributed by atoms with Crippen LogP contribution in [0, 0.1) is 12.3 Å². The summed E-state index contributed by atoms with van der Waals surface area (Å²) in [4.78, 5) is 23.5. The Hall–Kier alpha value is -1.36. The van der Waals surface area contributed by atoms with Gasteiger partial charge in [-0.05, 0) is 37.5 Å². The van der Waals surface area contributed by atoms with Crippen LogP contribution in [0.3, 0.4) is 0 Å². The van der Waals surface area contributed by atoms with E-state index in [2.05, 4.69) is 21.2 Å². The van der Waals surface area contributed by atoms with Gasteiger partial charge in [-0.15, -0.1) is 0 Å². The van der Waals surface area contributed by atoms with Crippen LogP contribution in [0.4, 0.5) is 0 Å². The van der Waals surface area contributed by atoms with E-state index in [0.717, 1.165) is 10.0 Å². The molecule has 0 spiro atoms. The predicted octanol–water partition coefficient (Wildman–Crippen LogP) is 3.38. The van der Waals surface area contributed by atoms with Gasteiger partial charge in [-0.2, -0.15) is 0 Å². The molecule has 1 rings (SSSR count). The van der Waals surface area contributed by atoms with E-state index < -0.39 is 11.4 Å². The maximum absolute atomic E-state index is 12.1. The van der Waals surface area contributed by atoms with E-state index in [0.29, 0.717) is 18.4 Å². The van der Waals surface area contributed by atoms with Gasteiger partial charge in [-0.1, -0.05) is 35.8 Å². The molecule has 0 saturated carbocycles. The molecule has 0 bridgehead atoms. The number of nitrogens with one attached hydrogen (secondary N) is 1. The highest BCUT2D eigenvalue weighted by atomic mass is 79.9. The molecule has 0 radical (unpaired) electrons. The van der Waals surface area contributed by atoms with Gasteiger partial charge in [0.15, 0.2) is 0 Å². The third kappa shape index (κ3) is 3.60. The lowest BCUT2D eigenvalue weighted by Crippen LogP contribution is -2.42. The summed E-state index contributed by atoms with van der Waals surface area (Å²) >= 11 is 3.38. The molecule has 0 saturated heterocycles. The zero-order valence-electron chi connectivity index (χ0n) is 12.0. The van der Waals surface area contributed by atoms with Crippen LogP contribution >= 0.6 is 15.9 Å². The quantitative estimate of drug-likeness (QED) is 0.833. The number of carbonyl (C=O) groups is 2. The Balaban J connectivity index is 2.80. The zero-order chi connectivity index (χ0) is 15.3. The summed E-state index contributed by atoms with van der Waals surface area (Å²) in [5.74, 6) is -1.12. The number of benzene rings is 1. The Morgan fingerprint density at radius 2 is 1.90 bits per heavy atom. The van der Waals surface area contributed by atoms with Crippen molar-refractivity contribution in [1.82, 2.24) is 5.32 Å². The van der Waals surface area contributed by atoms with Gasteiger partial charge in [0.2, 0.25) is 0 Å². The minimum absolute atomic E-state index is 0.139. The summed E-state index contributed by atoms with van der Waals surface area (Å²) in [7, 11) is 0. The number of carbonyl (C=O) groups excluding carboxylic acids is 1. The number of halogens is 1. The lowest BCUT2D eigenvalue weighted by Gasteiger charge is -2.26. The maximum Gasteiger partial charge on any atom is 0.311 e. The first-order chi connectivity index (χ1) is 9.36. The fraction of sp³-hybridized carbons (Fsp3) is 0.467. The largest absolute Gasteiger partial charge is 0.481 e. The van der Waals surface area contributed by atoms with Crippen molar-refractivity contribution in [2.24, 2.45) is 5.41 Å². The minimum Gasteiger partial charge on any atom is -0.481 e. The van der Waals surface area contributed by atoms with E-state index >= 15 is 0 Å². The van der Waals surface area contributed by atoms with Gasteiger partial charge in [0.25, 0.3) is 5.91 Å². The number of amides is 1. The summed E-state index contributed by atoms with van der Waals surface area (Å²) in [6.45, 7) is 5.73. The number of hydrogen-bond donors (Lipinski definition) is 2. The third-order valence-electron chi connectivity index (χ3n) is 3.83. The predicted molar refractivity (Wildman–Crippen MR) is 81.9 cm³/mol. The van der Waals surface area contributed by atoms with E-state index in [1.807, 2.05) is 26.8 Å². The lowest BCUT2D eigenvalue weighted by molar-refractivity contribution is -0.149. The number of aliphatic carboxylic acids is 1. The fourth-order valence-corrected chi connectivity index (χ4v) is 2.34. The monoisotopic (exact) mass is 341 g/mol. The lowest BCUT2D eigenvalue weighted by atomic mass is 9.82. The van der Waals surface area contributed by atoms with Crippen LogP contribution in [0.25, 0.3) is 0 Å². The Morgan fingerprint density at radius 3 is 2.35 bits per heavy atom. The third-order valence-corrected chi connectivity index (χ3v) is 4.68. The van der Waals surface area contributed by atoms with Crippen molar-refractivity contribution in [3.63, 3.8) is 0 Å². The summed E-state index contributed by atoms with van der Waals surface area (Å²) < 4.78 is 0.862. The Morgan fingerprint density at radius 1 is 1.30 bits per heavy atom. The van der Waals surface area contributed by atoms with Crippen molar-refractivity contribution in [2.45, 2.75) is 33.6 Å². The molecule has 110 valence electrons. The maximum atomic E-state index is 12.1. The van der Waals surface area contributed by atoms with Crippen molar-refractivity contribution < 1.29 is 14.7 Å². The second-order valence-electron chi connectivity index (χ2n) is 4.94. The normalized spacial score (nSPS) is 11.2. The molecule has 5 heteroatoms. The molecule has 1 amide bonds. The standard InChI is InChI=1S/C15H20BrNO3/c1-4-15(5-2,14(19)20)9-17-13(18)11-7-6-10(3)12(16)8-11/h6-8H,4-5,9H2,1-3H3,(H,17,18)(H,19,20). The molecule has 0 aliphatic heterocycles. The number of carboxylic acids is 1. The molecular formula is C15H20BrNO3. The van der Waals surface area contributed by atoms with Gasteiger partial charge in [0.1, 0.15) is 0 Å². The zero-order valence-corrected chi connectivity index (χ0v) is 13.6. The van der Waals surface area contributed by atoms with Crippen molar-refractivity contribution >= 4 is 27.8 Å². The number of carboxylic acid groups (broad SMARTS) is 1. The number of rotatable bonds is 6. The molecule has 0 aromatic heterocycles. The van der Waals surface area contributed by atoms with Gasteiger partial charge in [0, 0.05) is 16.6 Å². The molecule has 20 heavy (non-hydrogen) atoms. The molecule has 0 unspecified atom stereocenters. The van der Waals surface area contributed by atoms with Crippen molar-refractivity contribution in [3.8, 4) is 0 Å². The molecule has 0 fully saturated rings. The molecule has 0 atom stereocenters. The van der Waals surface area contributed by atoms with Crippen LogP contribution < -0.4 is 5.32 Å². The Bertz CT molecular complexity index is 510. The Labute approximate surface area is 127 Å². The molecule has 0 aliphatic carbocycles. The van der Waals surface area contributed by atoms with E-state index in [4.69, 9.17) is 0 Å². The highest BCUT2D eigenvalue weighted by Gasteiger charge is 2.35. The van der Waals surface area contributed by atoms with Crippen molar-refractivity contribution in [2.75, 3.05) is 6.54 Å². The van der Waals surface area contributed by atoms with Gasteiger partial charge in [-0.3, -0.25) is 9.59 Å². The summed E-state index contributed by atoms with van der Waals surface area (Å²) in [6, 6.07) is 5.32. The van der Waals surface area contributed by atoms with Crippen molar-refractivity contribution in [3.05, 3.63) is 33.8 Å². The highest BCUT2D eigenvalue weighted by molar-refractivity contribution is 9.10. The van der Waals surface area contributed by atoms with Crippen LogP contribution in [0.2, 0.25) is 0 Å². The van der Waals surface area contributed by atoms with Gasteiger partial charge in [0.05, 0.1) is 5.41 Å². The average Bonchev–Trinajstić information content (AvgIpc) is 2.43. The Kier molecular flexibility index (Phi) is 5.74. The van der Waals surface area contributed by atoms with E-state index in [9.17, 15) is 14.7 Å². The van der Waals surface area contributed by atoms with E-state index in [1.165, 1.54) is 0 Å². The summed E-state index contributed by atoms with van der Waals surface area (Å²) in [5, 5.41) is 12.1. The first kappa shape index (κ1) is 16.7. The average molecular weight is 342 g/mol. The minimum atomic E-state index is -0.891. The van der Waals surface area contributed by atoms with Gasteiger partial charge < -0.3 is 10.4 Å². The van der Waals surface area contributed by atoms with Crippen LogP contribution in [-0.2, 0) is 4.79 Å². The first-order valence-corrected chi connectivity index (χ1v) is 7.43. The molecule has 0 aliphatic rings. The highest BCUT2D eigenvalue weighted by Crippen LogP contribution is 2.26. The smallest absolute Gasteiger partial charge is 0.311 e. The van der Waals surface area contributed by atoms with Crippen LogP contribution in [0.5, 0.6) is 0 Å². The number of aryl methyl sites for hydroxylation is 1. The molecule has 1 aromatic carbocycles. The van der Waals surface area contributed by atoms with Crippen molar-refractivity contribution in [1.29, 1.82) is 0 Å². The van der Waals surface area contributed by atoms with Crippen LogP contribution in [0.15, 0.2) is 22.7 Å². The van der Waals surface area contributed by atoms with Gasteiger partial charge in [-0.25, -0.2) is 0 Å². The molecular weight excluding hydrogens is 322 g/mol. The second kappa shape index (κ2) is 6.88. The molecule has 1 aromatic rings. The molecule has 4 nitrogen and oxygen atoms in total. The summed E-state index contributed by atoms with van der Waals surface area (Å²) in [6.07, 6.45) is 0.966.